The van der Waals surface area contributed by atoms with Crippen LogP contribution in [-0.2, 0) is 42.8 Å². The Morgan fingerprint density at radius 3 is 2.11 bits per heavy atom. The van der Waals surface area contributed by atoms with Crippen LogP contribution in [0.25, 0.3) is 0 Å². The number of nitrogens with one attached hydrogen (secondary N) is 1. The molecule has 264 valence electrons. The molecule has 0 aliphatic carbocycles. The van der Waals surface area contributed by atoms with Crippen molar-refractivity contribution in [3.05, 3.63) is 23.8 Å². The highest BCUT2D eigenvalue weighted by molar-refractivity contribution is 5.95. The van der Waals surface area contributed by atoms with E-state index in [0.29, 0.717) is 25.7 Å². The molecule has 0 radical (unpaired) electrons. The summed E-state index contributed by atoms with van der Waals surface area (Å²) in [6, 6.07) is 3.85. The molecule has 1 unspecified atom stereocenters. The highest BCUT2D eigenvalue weighted by Gasteiger charge is 2.44. The number of hydrogen-bond acceptors (Lipinski definition) is 13. The summed E-state index contributed by atoms with van der Waals surface area (Å²) in [6.45, 7) is 11.5. The largest absolute Gasteiger partial charge is 0.507 e. The van der Waals surface area contributed by atoms with Crippen molar-refractivity contribution in [1.29, 1.82) is 0 Å². The maximum Gasteiger partial charge on any atom is 0.412 e. The average Bonchev–Trinajstić information content (AvgIpc) is 2.95. The van der Waals surface area contributed by atoms with Gasteiger partial charge in [-0.05, 0) is 78.5 Å². The third kappa shape index (κ3) is 13.8. The SMILES string of the molecule is CCCC(=O)O[C@H]1[C@H](CCCC(=O)OCC(C)(C)OC(=O)c2cc(NC(=O)OC(C)(C)C)ccc2O)COC(O)[C@@H]1OC(=O)CCC. The predicted octanol–water partition coefficient (Wildman–Crippen LogP) is 4.78. The number of rotatable bonds is 15. The monoisotopic (exact) mass is 667 g/mol. The molecule has 47 heavy (non-hydrogen) atoms. The highest BCUT2D eigenvalue weighted by atomic mass is 16.7. The molecule has 1 aromatic rings. The number of amides is 1. The van der Waals surface area contributed by atoms with E-state index in [2.05, 4.69) is 5.32 Å². The molecule has 4 atom stereocenters. The van der Waals surface area contributed by atoms with Crippen LogP contribution in [0.2, 0.25) is 0 Å². The summed E-state index contributed by atoms with van der Waals surface area (Å²) in [5.41, 5.74) is -2.04. The van der Waals surface area contributed by atoms with Gasteiger partial charge in [0.1, 0.15) is 35.2 Å². The standard InChI is InChI=1S/C33H49NO13/c1-8-11-25(37)44-27-20(18-42-30(40)28(27)45-26(38)12-9-2)13-10-14-24(36)43-19-33(6,7)46-29(39)22-17-21(15-16-23(22)35)34-31(41)47-32(3,4)5/h15-17,20,27-28,30,35,40H,8-14,18-19H2,1-7H3,(H,34,41)/t20-,27+,28-,30?/m1/s1. The van der Waals surface area contributed by atoms with E-state index in [0.717, 1.165) is 0 Å². The molecular weight excluding hydrogens is 618 g/mol. The summed E-state index contributed by atoms with van der Waals surface area (Å²) in [4.78, 5) is 62.1. The second-order valence-corrected chi connectivity index (χ2v) is 13.0. The zero-order valence-electron chi connectivity index (χ0n) is 28.3. The topological polar surface area (TPSA) is 193 Å². The van der Waals surface area contributed by atoms with E-state index in [1.165, 1.54) is 32.0 Å². The number of esters is 4. The lowest BCUT2D eigenvalue weighted by Crippen LogP contribution is -2.54. The van der Waals surface area contributed by atoms with E-state index >= 15 is 0 Å². The molecule has 1 aliphatic heterocycles. The van der Waals surface area contributed by atoms with Gasteiger partial charge < -0.3 is 38.6 Å². The third-order valence-electron chi connectivity index (χ3n) is 6.76. The number of ether oxygens (including phenoxy) is 6. The Bertz CT molecular complexity index is 1240. The first-order valence-corrected chi connectivity index (χ1v) is 15.8. The molecule has 0 spiro atoms. The first kappa shape index (κ1) is 39.3. The van der Waals surface area contributed by atoms with E-state index < -0.39 is 65.6 Å². The average molecular weight is 668 g/mol. The molecule has 0 aromatic heterocycles. The normalized spacial score (nSPS) is 19.7. The Morgan fingerprint density at radius 2 is 1.51 bits per heavy atom. The number of hydrogen-bond donors (Lipinski definition) is 3. The van der Waals surface area contributed by atoms with E-state index in [4.69, 9.17) is 28.4 Å². The number of phenolic OH excluding ortho intramolecular Hbond substituents is 1. The second kappa shape index (κ2) is 17.9. The molecule has 1 amide bonds. The maximum absolute atomic E-state index is 12.9. The lowest BCUT2D eigenvalue weighted by Gasteiger charge is -2.39. The molecule has 1 aliphatic rings. The molecule has 0 bridgehead atoms. The van der Waals surface area contributed by atoms with Crippen molar-refractivity contribution in [2.45, 2.75) is 123 Å². The molecule has 1 aromatic carbocycles. The van der Waals surface area contributed by atoms with Crippen LogP contribution in [0.4, 0.5) is 10.5 Å². The number of aliphatic hydroxyl groups excluding tert-OH is 1. The van der Waals surface area contributed by atoms with Crippen LogP contribution < -0.4 is 5.32 Å². The van der Waals surface area contributed by atoms with E-state index in [-0.39, 0.29) is 49.5 Å². The fraction of sp³-hybridized carbons (Fsp3) is 0.667. The van der Waals surface area contributed by atoms with Crippen molar-refractivity contribution in [2.24, 2.45) is 5.92 Å². The number of aromatic hydroxyl groups is 1. The first-order chi connectivity index (χ1) is 21.9. The Morgan fingerprint density at radius 1 is 0.894 bits per heavy atom. The van der Waals surface area contributed by atoms with Gasteiger partial charge in [-0.3, -0.25) is 19.7 Å². The summed E-state index contributed by atoms with van der Waals surface area (Å²) in [6.07, 6.45) is -2.41. The molecule has 0 saturated carbocycles. The van der Waals surface area contributed by atoms with Gasteiger partial charge >= 0.3 is 30.0 Å². The number of carbonyl (C=O) groups excluding carboxylic acids is 5. The van der Waals surface area contributed by atoms with Crippen molar-refractivity contribution in [2.75, 3.05) is 18.5 Å². The lowest BCUT2D eigenvalue weighted by atomic mass is 9.90. The zero-order valence-corrected chi connectivity index (χ0v) is 28.3. The van der Waals surface area contributed by atoms with Crippen LogP contribution in [0.1, 0.15) is 104 Å². The van der Waals surface area contributed by atoms with Crippen LogP contribution >= 0.6 is 0 Å². The molecule has 14 heteroatoms. The number of anilines is 1. The van der Waals surface area contributed by atoms with Crippen LogP contribution in [-0.4, -0.2) is 83.1 Å². The van der Waals surface area contributed by atoms with E-state index in [1.54, 1.807) is 27.7 Å². The first-order valence-electron chi connectivity index (χ1n) is 15.8. The maximum atomic E-state index is 12.9. The van der Waals surface area contributed by atoms with E-state index in [9.17, 15) is 34.2 Å². The third-order valence-corrected chi connectivity index (χ3v) is 6.76. The fourth-order valence-electron chi connectivity index (χ4n) is 4.58. The number of benzene rings is 1. The molecule has 1 heterocycles. The van der Waals surface area contributed by atoms with Gasteiger partial charge in [-0.1, -0.05) is 13.8 Å². The second-order valence-electron chi connectivity index (χ2n) is 13.0. The lowest BCUT2D eigenvalue weighted by molar-refractivity contribution is -0.255. The van der Waals surface area contributed by atoms with Crippen molar-refractivity contribution in [3.63, 3.8) is 0 Å². The molecule has 14 nitrogen and oxygen atoms in total. The Labute approximate surface area is 275 Å². The summed E-state index contributed by atoms with van der Waals surface area (Å²) in [5, 5.41) is 23.1. The van der Waals surface area contributed by atoms with Crippen LogP contribution in [0.15, 0.2) is 18.2 Å². The van der Waals surface area contributed by atoms with Gasteiger partial charge in [-0.15, -0.1) is 0 Å². The Hall–Kier alpha value is -3.91. The summed E-state index contributed by atoms with van der Waals surface area (Å²) in [5.74, 6) is -3.38. The van der Waals surface area contributed by atoms with Crippen molar-refractivity contribution in [1.82, 2.24) is 0 Å². The van der Waals surface area contributed by atoms with Gasteiger partial charge in [0.15, 0.2) is 12.4 Å². The molecule has 3 N–H and O–H groups in total. The fourth-order valence-corrected chi connectivity index (χ4v) is 4.58. The van der Waals surface area contributed by atoms with Gasteiger partial charge in [-0.25, -0.2) is 9.59 Å². The smallest absolute Gasteiger partial charge is 0.412 e. The quantitative estimate of drug-likeness (QED) is 0.132. The van der Waals surface area contributed by atoms with Gasteiger partial charge in [0.25, 0.3) is 0 Å². The molecule has 2 rings (SSSR count). The van der Waals surface area contributed by atoms with Crippen LogP contribution in [0.5, 0.6) is 5.75 Å². The molecule has 1 fully saturated rings. The van der Waals surface area contributed by atoms with Crippen molar-refractivity contribution >= 4 is 35.7 Å². The van der Waals surface area contributed by atoms with Gasteiger partial charge in [0.05, 0.1) is 6.61 Å². The summed E-state index contributed by atoms with van der Waals surface area (Å²) >= 11 is 0. The highest BCUT2D eigenvalue weighted by Crippen LogP contribution is 2.30. The van der Waals surface area contributed by atoms with Crippen LogP contribution in [0, 0.1) is 5.92 Å². The van der Waals surface area contributed by atoms with Crippen LogP contribution in [0.3, 0.4) is 0 Å². The zero-order chi connectivity index (χ0) is 35.4. The van der Waals surface area contributed by atoms with Crippen molar-refractivity contribution in [3.8, 4) is 5.75 Å². The van der Waals surface area contributed by atoms with Gasteiger partial charge in [-0.2, -0.15) is 0 Å². The summed E-state index contributed by atoms with van der Waals surface area (Å²) in [7, 11) is 0. The minimum absolute atomic E-state index is 0.0203. The van der Waals surface area contributed by atoms with Gasteiger partial charge in [0.2, 0.25) is 0 Å². The Kier molecular flexibility index (Phi) is 14.9. The minimum atomic E-state index is -1.47. The van der Waals surface area contributed by atoms with E-state index in [1.807, 2.05) is 6.92 Å². The predicted molar refractivity (Wildman–Crippen MR) is 167 cm³/mol. The number of aliphatic hydroxyl groups is 1. The minimum Gasteiger partial charge on any atom is -0.507 e. The summed E-state index contributed by atoms with van der Waals surface area (Å²) < 4.78 is 32.5. The van der Waals surface area contributed by atoms with Gasteiger partial charge in [0, 0.05) is 30.9 Å². The number of carbonyl (C=O) groups is 5. The molecular formula is C33H49NO13. The Balaban J connectivity index is 1.94. The number of phenols is 1. The molecule has 1 saturated heterocycles. The van der Waals surface area contributed by atoms with Crippen molar-refractivity contribution < 1.29 is 62.6 Å².